The average molecular weight is 397 g/mol. The van der Waals surface area contributed by atoms with E-state index in [0.29, 0.717) is 12.2 Å². The van der Waals surface area contributed by atoms with Gasteiger partial charge in [0.1, 0.15) is 5.82 Å². The highest BCUT2D eigenvalue weighted by atomic mass is 127. The molecule has 2 heterocycles. The van der Waals surface area contributed by atoms with Gasteiger partial charge in [-0.05, 0) is 28.2 Å². The Bertz CT molecular complexity index is 803. The van der Waals surface area contributed by atoms with Crippen molar-refractivity contribution in [2.24, 2.45) is 0 Å². The van der Waals surface area contributed by atoms with E-state index in [9.17, 15) is 10.1 Å². The summed E-state index contributed by atoms with van der Waals surface area (Å²) in [6, 6.07) is 6.57. The SMILES string of the molecule is O=[N+]([O-])c1cccc(Cc2ncc3scc(I)c3n2)c1. The lowest BCUT2D eigenvalue weighted by Gasteiger charge is -2.01. The molecule has 0 bridgehead atoms. The van der Waals surface area contributed by atoms with E-state index in [0.717, 1.165) is 19.4 Å². The molecule has 0 saturated carbocycles. The van der Waals surface area contributed by atoms with Crippen molar-refractivity contribution >= 4 is 49.8 Å². The van der Waals surface area contributed by atoms with Crippen LogP contribution in [0, 0.1) is 13.7 Å². The zero-order valence-electron chi connectivity index (χ0n) is 10.1. The molecule has 2 aromatic heterocycles. The van der Waals surface area contributed by atoms with Crippen LogP contribution < -0.4 is 0 Å². The molecule has 0 saturated heterocycles. The Morgan fingerprint density at radius 1 is 1.40 bits per heavy atom. The Morgan fingerprint density at radius 2 is 2.25 bits per heavy atom. The molecule has 0 N–H and O–H groups in total. The molecule has 5 nitrogen and oxygen atoms in total. The van der Waals surface area contributed by atoms with Crippen molar-refractivity contribution in [1.29, 1.82) is 0 Å². The molecule has 0 fully saturated rings. The zero-order chi connectivity index (χ0) is 14.1. The number of nitro benzene ring substituents is 1. The molecule has 20 heavy (non-hydrogen) atoms. The summed E-state index contributed by atoms with van der Waals surface area (Å²) < 4.78 is 2.16. The van der Waals surface area contributed by atoms with Crippen LogP contribution in [-0.4, -0.2) is 14.9 Å². The third-order valence-corrected chi connectivity index (χ3v) is 4.96. The number of aromatic nitrogens is 2. The minimum atomic E-state index is -0.393. The standard InChI is InChI=1S/C13H8IN3O2S/c14-10-7-20-11-6-15-12(16-13(10)11)5-8-2-1-3-9(4-8)17(18)19/h1-4,6-7H,5H2. The number of fused-ring (bicyclic) bond motifs is 1. The van der Waals surface area contributed by atoms with E-state index in [-0.39, 0.29) is 5.69 Å². The molecule has 100 valence electrons. The predicted octanol–water partition coefficient (Wildman–Crippen LogP) is 3.79. The van der Waals surface area contributed by atoms with E-state index in [2.05, 4.69) is 32.6 Å². The summed E-state index contributed by atoms with van der Waals surface area (Å²) in [5, 5.41) is 12.8. The summed E-state index contributed by atoms with van der Waals surface area (Å²) in [7, 11) is 0. The highest BCUT2D eigenvalue weighted by Crippen LogP contribution is 2.25. The maximum atomic E-state index is 10.8. The molecule has 0 spiro atoms. The van der Waals surface area contributed by atoms with E-state index in [1.165, 1.54) is 6.07 Å². The van der Waals surface area contributed by atoms with Crippen LogP contribution in [0.5, 0.6) is 0 Å². The summed E-state index contributed by atoms with van der Waals surface area (Å²) in [6.07, 6.45) is 2.30. The van der Waals surface area contributed by atoms with Crippen LogP contribution in [0.2, 0.25) is 0 Å². The van der Waals surface area contributed by atoms with Crippen molar-refractivity contribution in [3.63, 3.8) is 0 Å². The molecular formula is C13H8IN3O2S. The quantitative estimate of drug-likeness (QED) is 0.383. The zero-order valence-corrected chi connectivity index (χ0v) is 13.1. The first-order valence-electron chi connectivity index (χ1n) is 5.75. The van der Waals surface area contributed by atoms with Crippen LogP contribution in [0.3, 0.4) is 0 Å². The van der Waals surface area contributed by atoms with Crippen LogP contribution in [0.25, 0.3) is 10.2 Å². The first kappa shape index (κ1) is 13.4. The Kier molecular flexibility index (Phi) is 3.62. The minimum Gasteiger partial charge on any atom is -0.258 e. The smallest absolute Gasteiger partial charge is 0.258 e. The van der Waals surface area contributed by atoms with Gasteiger partial charge < -0.3 is 0 Å². The lowest BCUT2D eigenvalue weighted by atomic mass is 10.1. The fraction of sp³-hybridized carbons (Fsp3) is 0.0769. The lowest BCUT2D eigenvalue weighted by molar-refractivity contribution is -0.384. The van der Waals surface area contributed by atoms with Crippen LogP contribution >= 0.6 is 33.9 Å². The number of hydrogen-bond acceptors (Lipinski definition) is 5. The fourth-order valence-electron chi connectivity index (χ4n) is 1.88. The molecule has 3 rings (SSSR count). The predicted molar refractivity (Wildman–Crippen MR) is 86.0 cm³/mol. The lowest BCUT2D eigenvalue weighted by Crippen LogP contribution is -1.97. The number of rotatable bonds is 3. The number of thiophene rings is 1. The van der Waals surface area contributed by atoms with Crippen molar-refractivity contribution in [3.8, 4) is 0 Å². The molecule has 0 amide bonds. The van der Waals surface area contributed by atoms with Crippen molar-refractivity contribution in [2.45, 2.75) is 6.42 Å². The van der Waals surface area contributed by atoms with Gasteiger partial charge in [0.15, 0.2) is 0 Å². The second kappa shape index (κ2) is 5.41. The molecule has 1 aromatic carbocycles. The van der Waals surface area contributed by atoms with E-state index in [1.54, 1.807) is 23.5 Å². The number of nitro groups is 1. The molecule has 7 heteroatoms. The molecular weight excluding hydrogens is 389 g/mol. The van der Waals surface area contributed by atoms with Crippen molar-refractivity contribution in [3.05, 3.63) is 60.9 Å². The monoisotopic (exact) mass is 397 g/mol. The van der Waals surface area contributed by atoms with Gasteiger partial charge in [-0.2, -0.15) is 0 Å². The normalized spacial score (nSPS) is 10.8. The summed E-state index contributed by atoms with van der Waals surface area (Å²) in [4.78, 5) is 19.2. The fourth-order valence-corrected chi connectivity index (χ4v) is 3.58. The number of hydrogen-bond donors (Lipinski definition) is 0. The maximum Gasteiger partial charge on any atom is 0.269 e. The summed E-state index contributed by atoms with van der Waals surface area (Å²) >= 11 is 3.86. The Labute approximate surface area is 132 Å². The molecule has 0 aliphatic heterocycles. The number of nitrogens with zero attached hydrogens (tertiary/aromatic N) is 3. The minimum absolute atomic E-state index is 0.0914. The third kappa shape index (κ3) is 2.63. The maximum absolute atomic E-state index is 10.8. The summed E-state index contributed by atoms with van der Waals surface area (Å²) in [6.45, 7) is 0. The van der Waals surface area contributed by atoms with Crippen molar-refractivity contribution in [1.82, 2.24) is 9.97 Å². The summed E-state index contributed by atoms with van der Waals surface area (Å²) in [5.74, 6) is 0.675. The van der Waals surface area contributed by atoms with E-state index < -0.39 is 4.92 Å². The van der Waals surface area contributed by atoms with E-state index in [1.807, 2.05) is 17.6 Å². The second-order valence-corrected chi connectivity index (χ2v) is 6.26. The molecule has 0 aliphatic carbocycles. The average Bonchev–Trinajstić information content (AvgIpc) is 2.81. The number of halogens is 1. The third-order valence-electron chi connectivity index (χ3n) is 2.80. The van der Waals surface area contributed by atoms with Crippen LogP contribution in [-0.2, 0) is 6.42 Å². The van der Waals surface area contributed by atoms with Gasteiger partial charge >= 0.3 is 0 Å². The molecule has 0 unspecified atom stereocenters. The van der Waals surface area contributed by atoms with Gasteiger partial charge in [0, 0.05) is 30.1 Å². The first-order valence-corrected chi connectivity index (χ1v) is 7.71. The Balaban J connectivity index is 1.94. The molecule has 0 aliphatic rings. The highest BCUT2D eigenvalue weighted by molar-refractivity contribution is 14.1. The molecule has 0 radical (unpaired) electrons. The van der Waals surface area contributed by atoms with Gasteiger partial charge in [-0.1, -0.05) is 12.1 Å². The topological polar surface area (TPSA) is 68.9 Å². The van der Waals surface area contributed by atoms with Gasteiger partial charge in [-0.25, -0.2) is 9.97 Å². The van der Waals surface area contributed by atoms with Gasteiger partial charge in [0.05, 0.1) is 18.7 Å². The second-order valence-electron chi connectivity index (χ2n) is 4.19. The number of non-ortho nitro benzene ring substituents is 1. The van der Waals surface area contributed by atoms with Gasteiger partial charge in [-0.3, -0.25) is 10.1 Å². The Hall–Kier alpha value is -1.61. The van der Waals surface area contributed by atoms with Crippen LogP contribution in [0.4, 0.5) is 5.69 Å². The molecule has 0 atom stereocenters. The van der Waals surface area contributed by atoms with Crippen LogP contribution in [0.1, 0.15) is 11.4 Å². The molecule has 3 aromatic rings. The van der Waals surface area contributed by atoms with Gasteiger partial charge in [0.2, 0.25) is 0 Å². The van der Waals surface area contributed by atoms with Gasteiger partial charge in [-0.15, -0.1) is 11.3 Å². The van der Waals surface area contributed by atoms with E-state index >= 15 is 0 Å². The van der Waals surface area contributed by atoms with E-state index in [4.69, 9.17) is 0 Å². The van der Waals surface area contributed by atoms with Crippen LogP contribution in [0.15, 0.2) is 35.8 Å². The number of benzene rings is 1. The van der Waals surface area contributed by atoms with Gasteiger partial charge in [0.25, 0.3) is 5.69 Å². The summed E-state index contributed by atoms with van der Waals surface area (Å²) in [5.41, 5.74) is 1.88. The first-order chi connectivity index (χ1) is 9.63. The van der Waals surface area contributed by atoms with Crippen molar-refractivity contribution in [2.75, 3.05) is 0 Å². The highest BCUT2D eigenvalue weighted by Gasteiger charge is 2.09. The van der Waals surface area contributed by atoms with Crippen molar-refractivity contribution < 1.29 is 4.92 Å². The Morgan fingerprint density at radius 3 is 3.05 bits per heavy atom. The largest absolute Gasteiger partial charge is 0.269 e.